The van der Waals surface area contributed by atoms with Gasteiger partial charge in [0.15, 0.2) is 0 Å². The van der Waals surface area contributed by atoms with Crippen LogP contribution in [0.25, 0.3) is 0 Å². The molecule has 0 bridgehead atoms. The predicted octanol–water partition coefficient (Wildman–Crippen LogP) is 3.65. The molecular weight excluding hydrogens is 244 g/mol. The van der Waals surface area contributed by atoms with Crippen LogP contribution < -0.4 is 10.1 Å². The van der Waals surface area contributed by atoms with Crippen LogP contribution in [0.15, 0.2) is 12.1 Å². The second kappa shape index (κ2) is 5.54. The second-order valence-corrected chi connectivity index (χ2v) is 3.77. The number of methoxy groups -OCH3 is 1. The van der Waals surface area contributed by atoms with Crippen LogP contribution in [0.2, 0.25) is 10.0 Å². The van der Waals surface area contributed by atoms with E-state index in [0.717, 1.165) is 5.69 Å². The molecule has 0 fully saturated rings. The molecule has 0 saturated heterocycles. The molecule has 1 N–H and O–H groups in total. The third kappa shape index (κ3) is 2.84. The number of nitrogens with one attached hydrogen (secondary N) is 1. The average molecular weight is 255 g/mol. The van der Waals surface area contributed by atoms with Gasteiger partial charge in [-0.15, -0.1) is 11.6 Å². The number of hydrogen-bond donors (Lipinski definition) is 1. The Hall–Kier alpha value is -0.310. The Bertz CT molecular complexity index is 317. The lowest BCUT2D eigenvalue weighted by Gasteiger charge is -2.09. The van der Waals surface area contributed by atoms with Crippen molar-refractivity contribution in [2.75, 3.05) is 24.9 Å². The summed E-state index contributed by atoms with van der Waals surface area (Å²) in [7, 11) is 1.55. The summed E-state index contributed by atoms with van der Waals surface area (Å²) in [6, 6.07) is 3.38. The summed E-state index contributed by atoms with van der Waals surface area (Å²) in [4.78, 5) is 0. The van der Waals surface area contributed by atoms with Gasteiger partial charge in [0.25, 0.3) is 0 Å². The summed E-state index contributed by atoms with van der Waals surface area (Å²) < 4.78 is 5.02. The van der Waals surface area contributed by atoms with E-state index in [9.17, 15) is 0 Å². The number of ether oxygens (including phenoxy) is 1. The smallest absolute Gasteiger partial charge is 0.139 e. The fourth-order valence-electron chi connectivity index (χ4n) is 1.00. The molecule has 0 radical (unpaired) electrons. The van der Waals surface area contributed by atoms with Gasteiger partial charge < -0.3 is 10.1 Å². The minimum absolute atomic E-state index is 0.514. The van der Waals surface area contributed by atoms with Crippen molar-refractivity contribution in [1.29, 1.82) is 0 Å². The van der Waals surface area contributed by atoms with Crippen molar-refractivity contribution in [1.82, 2.24) is 0 Å². The lowest BCUT2D eigenvalue weighted by molar-refractivity contribution is 0.415. The first-order chi connectivity index (χ1) is 6.69. The van der Waals surface area contributed by atoms with Gasteiger partial charge in [-0.25, -0.2) is 0 Å². The molecule has 0 aliphatic rings. The summed E-state index contributed by atoms with van der Waals surface area (Å²) in [5, 5.41) is 4.14. The Morgan fingerprint density at radius 2 is 2.00 bits per heavy atom. The van der Waals surface area contributed by atoms with Gasteiger partial charge in [0.2, 0.25) is 0 Å². The van der Waals surface area contributed by atoms with Crippen molar-refractivity contribution in [2.24, 2.45) is 0 Å². The van der Waals surface area contributed by atoms with Crippen LogP contribution in [-0.4, -0.2) is 19.5 Å². The highest BCUT2D eigenvalue weighted by Crippen LogP contribution is 2.33. The van der Waals surface area contributed by atoms with Gasteiger partial charge in [0.1, 0.15) is 5.75 Å². The molecule has 78 valence electrons. The van der Waals surface area contributed by atoms with Crippen molar-refractivity contribution in [3.8, 4) is 5.75 Å². The van der Waals surface area contributed by atoms with Crippen molar-refractivity contribution in [2.45, 2.75) is 0 Å². The normalized spacial score (nSPS) is 10.0. The van der Waals surface area contributed by atoms with Gasteiger partial charge in [-0.1, -0.05) is 23.2 Å². The first-order valence-corrected chi connectivity index (χ1v) is 5.31. The van der Waals surface area contributed by atoms with Crippen LogP contribution in [0.3, 0.4) is 0 Å². The highest BCUT2D eigenvalue weighted by Gasteiger charge is 2.06. The predicted molar refractivity (Wildman–Crippen MR) is 62.2 cm³/mol. The Morgan fingerprint density at radius 1 is 1.29 bits per heavy atom. The summed E-state index contributed by atoms with van der Waals surface area (Å²) in [6.45, 7) is 0.643. The quantitative estimate of drug-likeness (QED) is 0.828. The molecule has 1 rings (SSSR count). The van der Waals surface area contributed by atoms with E-state index in [0.29, 0.717) is 28.2 Å². The number of benzene rings is 1. The summed E-state index contributed by atoms with van der Waals surface area (Å²) in [6.07, 6.45) is 0. The number of rotatable bonds is 4. The summed E-state index contributed by atoms with van der Waals surface area (Å²) in [5.74, 6) is 1.08. The van der Waals surface area contributed by atoms with Crippen LogP contribution in [0.1, 0.15) is 0 Å². The lowest BCUT2D eigenvalue weighted by atomic mass is 10.3. The van der Waals surface area contributed by atoms with E-state index in [1.807, 2.05) is 0 Å². The monoisotopic (exact) mass is 253 g/mol. The molecule has 0 spiro atoms. The average Bonchev–Trinajstić information content (AvgIpc) is 2.18. The zero-order valence-electron chi connectivity index (χ0n) is 7.61. The summed E-state index contributed by atoms with van der Waals surface area (Å²) in [5.41, 5.74) is 0.762. The van der Waals surface area contributed by atoms with E-state index >= 15 is 0 Å². The summed E-state index contributed by atoms with van der Waals surface area (Å²) >= 11 is 17.4. The number of halogens is 3. The molecule has 5 heteroatoms. The van der Waals surface area contributed by atoms with E-state index < -0.39 is 0 Å². The standard InChI is InChI=1S/C9H10Cl3NO/c1-14-9-5-6(11)8(4-7(9)12)13-3-2-10/h4-5,13H,2-3H2,1H3. The van der Waals surface area contributed by atoms with Crippen LogP contribution in [0.4, 0.5) is 5.69 Å². The van der Waals surface area contributed by atoms with Crippen molar-refractivity contribution in [3.05, 3.63) is 22.2 Å². The molecule has 0 amide bonds. The van der Waals surface area contributed by atoms with Crippen LogP contribution in [0.5, 0.6) is 5.75 Å². The second-order valence-electron chi connectivity index (χ2n) is 2.58. The minimum atomic E-state index is 0.514. The zero-order valence-corrected chi connectivity index (χ0v) is 9.88. The van der Waals surface area contributed by atoms with Crippen molar-refractivity contribution in [3.63, 3.8) is 0 Å². The maximum atomic E-state index is 5.97. The fraction of sp³-hybridized carbons (Fsp3) is 0.333. The van der Waals surface area contributed by atoms with Gasteiger partial charge in [-0.05, 0) is 6.07 Å². The molecule has 0 aliphatic heterocycles. The van der Waals surface area contributed by atoms with Gasteiger partial charge >= 0.3 is 0 Å². The highest BCUT2D eigenvalue weighted by molar-refractivity contribution is 6.36. The van der Waals surface area contributed by atoms with Crippen LogP contribution in [-0.2, 0) is 0 Å². The maximum absolute atomic E-state index is 5.97. The Balaban J connectivity index is 2.90. The number of anilines is 1. The highest BCUT2D eigenvalue weighted by atomic mass is 35.5. The van der Waals surface area contributed by atoms with Gasteiger partial charge in [0, 0.05) is 18.5 Å². The molecule has 0 aliphatic carbocycles. The number of alkyl halides is 1. The Labute approximate surface area is 98.1 Å². The SMILES string of the molecule is COc1cc(Cl)c(NCCCl)cc1Cl. The minimum Gasteiger partial charge on any atom is -0.495 e. The molecule has 2 nitrogen and oxygen atoms in total. The van der Waals surface area contributed by atoms with Crippen molar-refractivity contribution >= 4 is 40.5 Å². The molecule has 14 heavy (non-hydrogen) atoms. The van der Waals surface area contributed by atoms with E-state index in [4.69, 9.17) is 39.5 Å². The molecule has 1 aromatic carbocycles. The molecular formula is C9H10Cl3NO. The van der Waals surface area contributed by atoms with Gasteiger partial charge in [0.05, 0.1) is 22.8 Å². The fourth-order valence-corrected chi connectivity index (χ4v) is 1.56. The Morgan fingerprint density at radius 3 is 2.57 bits per heavy atom. The first kappa shape index (κ1) is 11.8. The lowest BCUT2D eigenvalue weighted by Crippen LogP contribution is -2.03. The van der Waals surface area contributed by atoms with Gasteiger partial charge in [-0.2, -0.15) is 0 Å². The molecule has 1 aromatic rings. The Kier molecular flexibility index (Phi) is 4.66. The van der Waals surface area contributed by atoms with E-state index in [2.05, 4.69) is 5.32 Å². The third-order valence-electron chi connectivity index (χ3n) is 1.65. The maximum Gasteiger partial charge on any atom is 0.139 e. The van der Waals surface area contributed by atoms with E-state index in [-0.39, 0.29) is 0 Å². The molecule has 0 aromatic heterocycles. The van der Waals surface area contributed by atoms with Gasteiger partial charge in [-0.3, -0.25) is 0 Å². The van der Waals surface area contributed by atoms with Crippen molar-refractivity contribution < 1.29 is 4.74 Å². The first-order valence-electron chi connectivity index (χ1n) is 4.02. The van der Waals surface area contributed by atoms with Crippen LogP contribution in [0, 0.1) is 0 Å². The molecule has 0 unspecified atom stereocenters. The number of hydrogen-bond acceptors (Lipinski definition) is 2. The largest absolute Gasteiger partial charge is 0.495 e. The van der Waals surface area contributed by atoms with Crippen LogP contribution >= 0.6 is 34.8 Å². The molecule has 0 heterocycles. The molecule has 0 atom stereocenters. The topological polar surface area (TPSA) is 21.3 Å². The van der Waals surface area contributed by atoms with E-state index in [1.54, 1.807) is 19.2 Å². The molecule has 0 saturated carbocycles. The zero-order chi connectivity index (χ0) is 10.6. The van der Waals surface area contributed by atoms with E-state index in [1.165, 1.54) is 0 Å². The third-order valence-corrected chi connectivity index (χ3v) is 2.45.